The molecule has 4 rings (SSSR count). The summed E-state index contributed by atoms with van der Waals surface area (Å²) in [6.07, 6.45) is 2.19. The van der Waals surface area contributed by atoms with E-state index in [1.165, 1.54) is 0 Å². The number of nitrogens with zero attached hydrogens (tertiary/aromatic N) is 2. The molecular formula is C22H30N4O5. The monoisotopic (exact) mass is 430 g/mol. The van der Waals surface area contributed by atoms with Gasteiger partial charge in [0.05, 0.1) is 45.4 Å². The maximum absolute atomic E-state index is 13.3. The molecule has 0 radical (unpaired) electrons. The number of carbonyl (C=O) groups is 1. The number of hydrogen-bond donors (Lipinski definition) is 2. The fourth-order valence-electron chi connectivity index (χ4n) is 4.70. The molecular weight excluding hydrogens is 400 g/mol. The molecule has 1 aromatic carbocycles. The Morgan fingerprint density at radius 1 is 1.19 bits per heavy atom. The first-order chi connectivity index (χ1) is 15.0. The first-order valence-corrected chi connectivity index (χ1v) is 10.6. The van der Waals surface area contributed by atoms with Crippen LogP contribution in [0.1, 0.15) is 35.8 Å². The number of carbonyl (C=O) groups excluding carboxylic acids is 1. The number of likely N-dealkylation sites (tertiary alicyclic amines) is 1. The van der Waals surface area contributed by atoms with Gasteiger partial charge in [-0.2, -0.15) is 0 Å². The van der Waals surface area contributed by atoms with Crippen LogP contribution in [-0.2, 0) is 11.2 Å². The topological polar surface area (TPSA) is 98.1 Å². The van der Waals surface area contributed by atoms with Gasteiger partial charge < -0.3 is 23.6 Å². The van der Waals surface area contributed by atoms with E-state index in [0.29, 0.717) is 17.2 Å². The molecule has 2 aromatic rings. The lowest BCUT2D eigenvalue weighted by Crippen LogP contribution is -2.50. The van der Waals surface area contributed by atoms with Crippen molar-refractivity contribution in [2.45, 2.75) is 44.2 Å². The summed E-state index contributed by atoms with van der Waals surface area (Å²) in [5.74, 6) is 2.67. The van der Waals surface area contributed by atoms with Gasteiger partial charge in [0.1, 0.15) is 5.76 Å². The van der Waals surface area contributed by atoms with Gasteiger partial charge >= 0.3 is 0 Å². The Morgan fingerprint density at radius 2 is 1.94 bits per heavy atom. The molecule has 168 valence electrons. The van der Waals surface area contributed by atoms with Crippen molar-refractivity contribution in [2.24, 2.45) is 0 Å². The van der Waals surface area contributed by atoms with E-state index in [2.05, 4.69) is 16.0 Å². The lowest BCUT2D eigenvalue weighted by molar-refractivity contribution is -0.131. The lowest BCUT2D eigenvalue weighted by atomic mass is 9.91. The Hall–Kier alpha value is -2.78. The molecule has 2 N–H and O–H groups in total. The van der Waals surface area contributed by atoms with Crippen LogP contribution in [0.4, 0.5) is 0 Å². The maximum atomic E-state index is 13.3. The van der Waals surface area contributed by atoms with E-state index in [4.69, 9.17) is 18.7 Å². The van der Waals surface area contributed by atoms with E-state index in [0.717, 1.165) is 42.9 Å². The second-order valence-electron chi connectivity index (χ2n) is 8.04. The Morgan fingerprint density at radius 3 is 2.55 bits per heavy atom. The number of nitrogens with one attached hydrogen (secondary N) is 2. The van der Waals surface area contributed by atoms with Gasteiger partial charge in [0.2, 0.25) is 11.7 Å². The van der Waals surface area contributed by atoms with Crippen LogP contribution in [0.2, 0.25) is 0 Å². The predicted octanol–water partition coefficient (Wildman–Crippen LogP) is 1.80. The molecule has 2 saturated heterocycles. The molecule has 9 nitrogen and oxygen atoms in total. The molecule has 2 fully saturated rings. The molecule has 3 heterocycles. The van der Waals surface area contributed by atoms with Gasteiger partial charge in [-0.3, -0.25) is 15.6 Å². The molecule has 2 aliphatic rings. The first kappa shape index (κ1) is 21.5. The second kappa shape index (κ2) is 9.15. The van der Waals surface area contributed by atoms with Crippen LogP contribution in [0.3, 0.4) is 0 Å². The van der Waals surface area contributed by atoms with Crippen LogP contribution < -0.4 is 25.1 Å². The minimum Gasteiger partial charge on any atom is -0.493 e. The van der Waals surface area contributed by atoms with Gasteiger partial charge in [0, 0.05) is 25.2 Å². The van der Waals surface area contributed by atoms with Crippen molar-refractivity contribution in [2.75, 3.05) is 34.4 Å². The van der Waals surface area contributed by atoms with Gasteiger partial charge in [-0.25, -0.2) is 0 Å². The number of methoxy groups -OCH3 is 3. The van der Waals surface area contributed by atoms with Gasteiger partial charge in [-0.05, 0) is 37.5 Å². The number of ether oxygens (including phenoxy) is 3. The van der Waals surface area contributed by atoms with Gasteiger partial charge in [-0.15, -0.1) is 0 Å². The average Bonchev–Trinajstić information content (AvgIpc) is 3.52. The third kappa shape index (κ3) is 4.20. The molecule has 0 aliphatic carbocycles. The van der Waals surface area contributed by atoms with Crippen LogP contribution >= 0.6 is 0 Å². The number of hydrogen-bond acceptors (Lipinski definition) is 8. The van der Waals surface area contributed by atoms with Crippen molar-refractivity contribution in [3.05, 3.63) is 35.2 Å². The summed E-state index contributed by atoms with van der Waals surface area (Å²) in [6.45, 7) is 3.40. The van der Waals surface area contributed by atoms with Crippen LogP contribution in [0, 0.1) is 6.92 Å². The van der Waals surface area contributed by atoms with E-state index in [1.54, 1.807) is 21.3 Å². The van der Waals surface area contributed by atoms with E-state index in [-0.39, 0.29) is 30.3 Å². The fraction of sp³-hybridized carbons (Fsp3) is 0.545. The van der Waals surface area contributed by atoms with Crippen molar-refractivity contribution in [1.82, 2.24) is 20.9 Å². The maximum Gasteiger partial charge on any atom is 0.227 e. The van der Waals surface area contributed by atoms with Gasteiger partial charge in [0.25, 0.3) is 0 Å². The summed E-state index contributed by atoms with van der Waals surface area (Å²) in [7, 11) is 4.71. The van der Waals surface area contributed by atoms with Crippen molar-refractivity contribution in [3.8, 4) is 17.2 Å². The smallest absolute Gasteiger partial charge is 0.227 e. The van der Waals surface area contributed by atoms with Crippen molar-refractivity contribution in [3.63, 3.8) is 0 Å². The van der Waals surface area contributed by atoms with E-state index >= 15 is 0 Å². The summed E-state index contributed by atoms with van der Waals surface area (Å²) in [5.41, 5.74) is 8.29. The standard InChI is InChI=1S/C22H30N4O5/c1-13-8-17(31-25-13)15-12-23-24-21(15)16-6-5-7-26(16)20(27)11-14-9-18(28-2)22(30-4)19(10-14)29-3/h8-10,15-16,21,23-24H,5-7,11-12H2,1-4H3. The minimum atomic E-state index is 0.0683. The highest BCUT2D eigenvalue weighted by atomic mass is 16.5. The summed E-state index contributed by atoms with van der Waals surface area (Å²) in [6, 6.07) is 5.79. The third-order valence-electron chi connectivity index (χ3n) is 6.15. The number of benzene rings is 1. The largest absolute Gasteiger partial charge is 0.493 e. The second-order valence-corrected chi connectivity index (χ2v) is 8.04. The Kier molecular flexibility index (Phi) is 6.33. The Balaban J connectivity index is 1.52. The zero-order chi connectivity index (χ0) is 22.0. The molecule has 31 heavy (non-hydrogen) atoms. The summed E-state index contributed by atoms with van der Waals surface area (Å²) < 4.78 is 21.8. The van der Waals surface area contributed by atoms with Crippen LogP contribution in [0.15, 0.2) is 22.7 Å². The molecule has 0 spiro atoms. The average molecular weight is 431 g/mol. The predicted molar refractivity (Wildman–Crippen MR) is 113 cm³/mol. The molecule has 3 unspecified atom stereocenters. The highest BCUT2D eigenvalue weighted by Crippen LogP contribution is 2.39. The number of amides is 1. The number of hydrazine groups is 1. The van der Waals surface area contributed by atoms with Crippen LogP contribution in [-0.4, -0.2) is 62.5 Å². The van der Waals surface area contributed by atoms with E-state index in [1.807, 2.05) is 30.0 Å². The minimum absolute atomic E-state index is 0.0683. The van der Waals surface area contributed by atoms with Crippen molar-refractivity contribution >= 4 is 5.91 Å². The summed E-state index contributed by atoms with van der Waals surface area (Å²) in [5, 5.41) is 4.03. The Bertz CT molecular complexity index is 905. The zero-order valence-corrected chi connectivity index (χ0v) is 18.4. The van der Waals surface area contributed by atoms with Crippen molar-refractivity contribution in [1.29, 1.82) is 0 Å². The normalized spacial score (nSPS) is 23.2. The molecule has 1 aromatic heterocycles. The molecule has 9 heteroatoms. The molecule has 2 aliphatic heterocycles. The van der Waals surface area contributed by atoms with Gasteiger partial charge in [-0.1, -0.05) is 5.16 Å². The van der Waals surface area contributed by atoms with E-state index in [9.17, 15) is 4.79 Å². The highest BCUT2D eigenvalue weighted by molar-refractivity contribution is 5.80. The molecule has 0 saturated carbocycles. The number of rotatable bonds is 7. The SMILES string of the molecule is COc1cc(CC(=O)N2CCCC2C2NNCC2c2cc(C)no2)cc(OC)c1OC. The van der Waals surface area contributed by atoms with E-state index < -0.39 is 0 Å². The number of aryl methyl sites for hydroxylation is 1. The molecule has 3 atom stereocenters. The number of aromatic nitrogens is 1. The van der Waals surface area contributed by atoms with Crippen LogP contribution in [0.25, 0.3) is 0 Å². The highest BCUT2D eigenvalue weighted by Gasteiger charge is 2.42. The quantitative estimate of drug-likeness (QED) is 0.686. The van der Waals surface area contributed by atoms with Crippen molar-refractivity contribution < 1.29 is 23.5 Å². The first-order valence-electron chi connectivity index (χ1n) is 10.6. The Labute approximate surface area is 182 Å². The summed E-state index contributed by atoms with van der Waals surface area (Å²) in [4.78, 5) is 15.3. The molecule has 1 amide bonds. The fourth-order valence-corrected chi connectivity index (χ4v) is 4.70. The third-order valence-corrected chi connectivity index (χ3v) is 6.15. The lowest BCUT2D eigenvalue weighted by Gasteiger charge is -2.31. The van der Waals surface area contributed by atoms with Crippen LogP contribution in [0.5, 0.6) is 17.2 Å². The van der Waals surface area contributed by atoms with Gasteiger partial charge in [0.15, 0.2) is 11.5 Å². The molecule has 0 bridgehead atoms. The zero-order valence-electron chi connectivity index (χ0n) is 18.4. The summed E-state index contributed by atoms with van der Waals surface area (Å²) >= 11 is 0.